The zero-order chi connectivity index (χ0) is 20.6. The number of benzene rings is 1. The fraction of sp³-hybridized carbons (Fsp3) is 0.278. The first-order chi connectivity index (χ1) is 13.1. The predicted octanol–water partition coefficient (Wildman–Crippen LogP) is 4.73. The molecule has 0 fully saturated rings. The number of nitrogens with zero attached hydrogens (tertiary/aromatic N) is 3. The summed E-state index contributed by atoms with van der Waals surface area (Å²) in [5.74, 6) is 0.145. The molecule has 148 valence electrons. The topological polar surface area (TPSA) is 69.0 Å². The van der Waals surface area contributed by atoms with E-state index in [1.54, 1.807) is 31.4 Å². The molecule has 0 aliphatic carbocycles. The van der Waals surface area contributed by atoms with Gasteiger partial charge in [0, 0.05) is 11.5 Å². The van der Waals surface area contributed by atoms with Crippen LogP contribution in [0.4, 0.5) is 18.9 Å². The second-order valence-corrected chi connectivity index (χ2v) is 6.93. The fourth-order valence-electron chi connectivity index (χ4n) is 2.71. The minimum atomic E-state index is -4.62. The number of anilines is 1. The second kappa shape index (κ2) is 7.42. The number of alkyl halides is 3. The van der Waals surface area contributed by atoms with Gasteiger partial charge in [0.15, 0.2) is 5.69 Å². The van der Waals surface area contributed by atoms with Crippen LogP contribution >= 0.6 is 15.9 Å². The van der Waals surface area contributed by atoms with Gasteiger partial charge in [-0.1, -0.05) is 0 Å². The van der Waals surface area contributed by atoms with Gasteiger partial charge in [-0.25, -0.2) is 0 Å². The molecule has 2 aromatic heterocycles. The van der Waals surface area contributed by atoms with Gasteiger partial charge in [0.05, 0.1) is 34.7 Å². The summed E-state index contributed by atoms with van der Waals surface area (Å²) >= 11 is 2.90. The van der Waals surface area contributed by atoms with Crippen LogP contribution in [0.5, 0.6) is 5.75 Å². The number of carbonyl (C=O) groups is 1. The smallest absolute Gasteiger partial charge is 0.436 e. The van der Waals surface area contributed by atoms with Crippen LogP contribution in [0.25, 0.3) is 10.9 Å². The SMILES string of the molecule is COc1ccc2cc(NC(=O)C(C)n3nc(C(F)(F)F)c(Br)c3C)cnc2c1. The van der Waals surface area contributed by atoms with Gasteiger partial charge in [0.2, 0.25) is 5.91 Å². The molecule has 1 N–H and O–H groups in total. The molecule has 1 atom stereocenters. The lowest BCUT2D eigenvalue weighted by atomic mass is 10.2. The van der Waals surface area contributed by atoms with E-state index in [1.165, 1.54) is 20.0 Å². The fourth-order valence-corrected chi connectivity index (χ4v) is 3.20. The lowest BCUT2D eigenvalue weighted by Crippen LogP contribution is -2.25. The maximum atomic E-state index is 13.0. The molecule has 0 radical (unpaired) electrons. The number of hydrogen-bond acceptors (Lipinski definition) is 4. The highest BCUT2D eigenvalue weighted by atomic mass is 79.9. The van der Waals surface area contributed by atoms with Crippen molar-refractivity contribution in [1.82, 2.24) is 14.8 Å². The molecule has 0 aliphatic heterocycles. The van der Waals surface area contributed by atoms with Crippen LogP contribution in [0, 0.1) is 6.92 Å². The lowest BCUT2D eigenvalue weighted by Gasteiger charge is -2.15. The first kappa shape index (κ1) is 20.1. The van der Waals surface area contributed by atoms with Crippen molar-refractivity contribution in [3.8, 4) is 5.75 Å². The quantitative estimate of drug-likeness (QED) is 0.615. The molecular weight excluding hydrogens is 441 g/mol. The van der Waals surface area contributed by atoms with Crippen LogP contribution in [-0.4, -0.2) is 27.8 Å². The third-order valence-electron chi connectivity index (χ3n) is 4.25. The van der Waals surface area contributed by atoms with Crippen LogP contribution < -0.4 is 10.1 Å². The Morgan fingerprint density at radius 2 is 2.04 bits per heavy atom. The molecule has 0 bridgehead atoms. The van der Waals surface area contributed by atoms with E-state index in [0.29, 0.717) is 17.0 Å². The molecule has 6 nitrogen and oxygen atoms in total. The Labute approximate surface area is 166 Å². The number of nitrogens with one attached hydrogen (secondary N) is 1. The predicted molar refractivity (Wildman–Crippen MR) is 101 cm³/mol. The monoisotopic (exact) mass is 456 g/mol. The first-order valence-electron chi connectivity index (χ1n) is 8.18. The van der Waals surface area contributed by atoms with Crippen LogP contribution in [0.3, 0.4) is 0 Å². The molecule has 0 saturated carbocycles. The van der Waals surface area contributed by atoms with E-state index < -0.39 is 23.8 Å². The molecule has 1 aromatic carbocycles. The number of aromatic nitrogens is 3. The minimum Gasteiger partial charge on any atom is -0.497 e. The molecule has 10 heteroatoms. The average Bonchev–Trinajstić information content (AvgIpc) is 2.96. The Hall–Kier alpha value is -2.62. The summed E-state index contributed by atoms with van der Waals surface area (Å²) in [6.07, 6.45) is -3.15. The largest absolute Gasteiger partial charge is 0.497 e. The molecule has 0 aliphatic rings. The van der Waals surface area contributed by atoms with Crippen LogP contribution in [-0.2, 0) is 11.0 Å². The van der Waals surface area contributed by atoms with Gasteiger partial charge in [-0.2, -0.15) is 18.3 Å². The van der Waals surface area contributed by atoms with Crippen LogP contribution in [0.15, 0.2) is 34.9 Å². The number of rotatable bonds is 4. The Morgan fingerprint density at radius 3 is 2.64 bits per heavy atom. The molecule has 1 amide bonds. The van der Waals surface area contributed by atoms with E-state index in [9.17, 15) is 18.0 Å². The van der Waals surface area contributed by atoms with E-state index in [0.717, 1.165) is 10.1 Å². The number of fused-ring (bicyclic) bond motifs is 1. The highest BCUT2D eigenvalue weighted by molar-refractivity contribution is 9.10. The van der Waals surface area contributed by atoms with Crippen molar-refractivity contribution < 1.29 is 22.7 Å². The number of amides is 1. The number of pyridine rings is 1. The summed E-state index contributed by atoms with van der Waals surface area (Å²) in [4.78, 5) is 16.8. The standard InChI is InChI=1S/C18H16BrF3N4O2/c1-9-15(19)16(18(20,21)22)25-26(9)10(2)17(27)24-12-6-11-4-5-13(28-3)7-14(11)23-8-12/h4-8,10H,1-3H3,(H,24,27). The zero-order valence-electron chi connectivity index (χ0n) is 15.1. The zero-order valence-corrected chi connectivity index (χ0v) is 16.7. The van der Waals surface area contributed by atoms with E-state index in [-0.39, 0.29) is 10.2 Å². The first-order valence-corrected chi connectivity index (χ1v) is 8.97. The van der Waals surface area contributed by atoms with Gasteiger partial charge in [-0.15, -0.1) is 0 Å². The van der Waals surface area contributed by atoms with Crippen molar-refractivity contribution in [3.05, 3.63) is 46.3 Å². The van der Waals surface area contributed by atoms with E-state index >= 15 is 0 Å². The third-order valence-corrected chi connectivity index (χ3v) is 5.20. The number of halogens is 4. The molecular formula is C18H16BrF3N4O2. The Bertz CT molecular complexity index is 1050. The van der Waals surface area contributed by atoms with Gasteiger partial charge < -0.3 is 10.1 Å². The number of hydrogen-bond donors (Lipinski definition) is 1. The molecule has 28 heavy (non-hydrogen) atoms. The maximum Gasteiger partial charge on any atom is 0.436 e. The van der Waals surface area contributed by atoms with E-state index in [1.807, 2.05) is 0 Å². The number of carbonyl (C=O) groups excluding carboxylic acids is 1. The summed E-state index contributed by atoms with van der Waals surface area (Å²) in [6, 6.07) is 6.08. The number of methoxy groups -OCH3 is 1. The van der Waals surface area contributed by atoms with Gasteiger partial charge in [0.25, 0.3) is 0 Å². The minimum absolute atomic E-state index is 0.180. The maximum absolute atomic E-state index is 13.0. The van der Waals surface area contributed by atoms with E-state index in [2.05, 4.69) is 31.3 Å². The van der Waals surface area contributed by atoms with Crippen molar-refractivity contribution >= 4 is 38.4 Å². The lowest BCUT2D eigenvalue weighted by molar-refractivity contribution is -0.142. The summed E-state index contributed by atoms with van der Waals surface area (Å²) in [5, 5.41) is 7.01. The molecule has 3 rings (SSSR count). The van der Waals surface area contributed by atoms with Crippen LogP contribution in [0.2, 0.25) is 0 Å². The van der Waals surface area contributed by atoms with Gasteiger partial charge >= 0.3 is 6.18 Å². The van der Waals surface area contributed by atoms with Crippen molar-refractivity contribution in [3.63, 3.8) is 0 Å². The number of ether oxygens (including phenoxy) is 1. The van der Waals surface area contributed by atoms with E-state index in [4.69, 9.17) is 4.74 Å². The molecule has 1 unspecified atom stereocenters. The Morgan fingerprint density at radius 1 is 1.32 bits per heavy atom. The molecule has 2 heterocycles. The second-order valence-electron chi connectivity index (χ2n) is 6.14. The highest BCUT2D eigenvalue weighted by Gasteiger charge is 2.39. The van der Waals surface area contributed by atoms with Crippen molar-refractivity contribution in [1.29, 1.82) is 0 Å². The molecule has 0 spiro atoms. The van der Waals surface area contributed by atoms with Crippen LogP contribution in [0.1, 0.15) is 24.4 Å². The molecule has 0 saturated heterocycles. The molecule has 3 aromatic rings. The normalized spacial score (nSPS) is 12.8. The Balaban J connectivity index is 1.84. The summed E-state index contributed by atoms with van der Waals surface area (Å²) in [7, 11) is 1.55. The summed E-state index contributed by atoms with van der Waals surface area (Å²) in [5.41, 5.74) is 0.256. The van der Waals surface area contributed by atoms with Crippen molar-refractivity contribution in [2.24, 2.45) is 0 Å². The van der Waals surface area contributed by atoms with Crippen molar-refractivity contribution in [2.75, 3.05) is 12.4 Å². The Kier molecular flexibility index (Phi) is 5.33. The highest BCUT2D eigenvalue weighted by Crippen LogP contribution is 2.36. The van der Waals surface area contributed by atoms with Gasteiger partial charge in [0.1, 0.15) is 11.8 Å². The average molecular weight is 457 g/mol. The van der Waals surface area contributed by atoms with Gasteiger partial charge in [-0.3, -0.25) is 14.5 Å². The summed E-state index contributed by atoms with van der Waals surface area (Å²) in [6.45, 7) is 2.93. The third kappa shape index (κ3) is 3.82. The van der Waals surface area contributed by atoms with Crippen molar-refractivity contribution in [2.45, 2.75) is 26.1 Å². The summed E-state index contributed by atoms with van der Waals surface area (Å²) < 4.78 is 45.1. The van der Waals surface area contributed by atoms with Gasteiger partial charge in [-0.05, 0) is 48.0 Å².